The topological polar surface area (TPSA) is 197 Å². The van der Waals surface area contributed by atoms with E-state index in [1.807, 2.05) is 24.3 Å². The van der Waals surface area contributed by atoms with Crippen molar-refractivity contribution in [3.8, 4) is 6.07 Å². The first-order chi connectivity index (χ1) is 20.5. The van der Waals surface area contributed by atoms with Gasteiger partial charge >= 0.3 is 0 Å². The van der Waals surface area contributed by atoms with Crippen molar-refractivity contribution in [3.05, 3.63) is 75.6 Å². The largest absolute Gasteiger partial charge is 0.366 e. The van der Waals surface area contributed by atoms with Crippen molar-refractivity contribution < 1.29 is 14.4 Å². The molecule has 3 amide bonds. The van der Waals surface area contributed by atoms with Gasteiger partial charge in [-0.15, -0.1) is 10.2 Å². The number of aromatic nitrogens is 4. The van der Waals surface area contributed by atoms with Gasteiger partial charge in [0.15, 0.2) is 5.82 Å². The van der Waals surface area contributed by atoms with E-state index in [2.05, 4.69) is 52.8 Å². The number of nitrogens with zero attached hydrogens (tertiary/aromatic N) is 5. The van der Waals surface area contributed by atoms with Crippen LogP contribution in [0, 0.1) is 16.7 Å². The first-order valence-electron chi connectivity index (χ1n) is 14.5. The Morgan fingerprint density at radius 2 is 1.70 bits per heavy atom. The highest BCUT2D eigenvalue weighted by Crippen LogP contribution is 2.48. The Morgan fingerprint density at radius 1 is 1.09 bits per heavy atom. The average molecular weight is 584 g/mol. The van der Waals surface area contributed by atoms with Crippen LogP contribution >= 0.6 is 0 Å². The number of rotatable bonds is 8. The molecule has 0 saturated carbocycles. The van der Waals surface area contributed by atoms with Crippen molar-refractivity contribution in [3.63, 3.8) is 0 Å². The summed E-state index contributed by atoms with van der Waals surface area (Å²) in [7, 11) is 0. The first kappa shape index (κ1) is 29.8. The summed E-state index contributed by atoms with van der Waals surface area (Å²) in [4.78, 5) is 39.3. The molecule has 2 atom stereocenters. The van der Waals surface area contributed by atoms with Gasteiger partial charge in [0.2, 0.25) is 17.7 Å². The van der Waals surface area contributed by atoms with Gasteiger partial charge in [-0.05, 0) is 84.0 Å². The lowest BCUT2D eigenvalue weighted by Gasteiger charge is -2.41. The van der Waals surface area contributed by atoms with Crippen molar-refractivity contribution >= 4 is 17.7 Å². The molecule has 5 rings (SSSR count). The highest BCUT2D eigenvalue weighted by Gasteiger charge is 2.48. The Kier molecular flexibility index (Phi) is 8.03. The minimum atomic E-state index is -0.989. The maximum Gasteiger partial charge on any atom is 0.248 e. The molecule has 0 bridgehead atoms. The van der Waals surface area contributed by atoms with Gasteiger partial charge in [-0.25, -0.2) is 0 Å². The number of likely N-dealkylation sites (tertiary alicyclic amines) is 1. The molecule has 12 nitrogen and oxygen atoms in total. The molecule has 2 heterocycles. The second-order valence-electron chi connectivity index (χ2n) is 12.5. The number of tetrazole rings is 1. The Morgan fingerprint density at radius 3 is 2.19 bits per heavy atom. The summed E-state index contributed by atoms with van der Waals surface area (Å²) in [5.41, 5.74) is 14.3. The number of amides is 3. The van der Waals surface area contributed by atoms with Gasteiger partial charge in [-0.1, -0.05) is 38.1 Å². The number of aromatic amines is 1. The van der Waals surface area contributed by atoms with E-state index >= 15 is 0 Å². The Balaban J connectivity index is 1.66. The Labute approximate surface area is 250 Å². The fourth-order valence-corrected chi connectivity index (χ4v) is 6.55. The van der Waals surface area contributed by atoms with E-state index in [0.29, 0.717) is 49.2 Å². The minimum Gasteiger partial charge on any atom is -0.366 e. The smallest absolute Gasteiger partial charge is 0.248 e. The molecule has 1 aliphatic heterocycles. The summed E-state index contributed by atoms with van der Waals surface area (Å²) < 4.78 is 0. The fraction of sp³-hybridized carbons (Fsp3) is 0.452. The quantitative estimate of drug-likeness (QED) is 0.307. The van der Waals surface area contributed by atoms with Crippen LogP contribution in [0.5, 0.6) is 0 Å². The molecule has 1 fully saturated rings. The molecule has 2 aliphatic rings. The minimum absolute atomic E-state index is 0.0589. The van der Waals surface area contributed by atoms with Crippen molar-refractivity contribution in [1.82, 2.24) is 30.8 Å². The number of fused-ring (bicyclic) bond motifs is 2. The van der Waals surface area contributed by atoms with Gasteiger partial charge in [0.05, 0.1) is 18.0 Å². The molecule has 2 aromatic carbocycles. The first-order valence-corrected chi connectivity index (χ1v) is 14.5. The lowest BCUT2D eigenvalue weighted by atomic mass is 9.65. The molecule has 43 heavy (non-hydrogen) atoms. The molecular formula is C31H37N9O3. The lowest BCUT2D eigenvalue weighted by molar-refractivity contribution is -0.130. The monoisotopic (exact) mass is 583 g/mol. The third kappa shape index (κ3) is 5.60. The van der Waals surface area contributed by atoms with Crippen LogP contribution in [0.3, 0.4) is 0 Å². The van der Waals surface area contributed by atoms with Crippen LogP contribution in [0.25, 0.3) is 0 Å². The average Bonchev–Trinajstić information content (AvgIpc) is 3.66. The standard InChI is InChI=1S/C31H37N9O3/c1-30(2,3)25(35-17-26(41)40-12-4-5-22(40)16-32)15-31(29-36-38-39-37-29)23-10-8-20(27(33)42)13-18(23)6-7-19-14-21(28(34)43)9-11-24(19)31/h8-11,13-14,22,25,35H,4-7,12,15,17H2,1-3H3,(H2,33,42)(H2,34,43)(H,36,37,38,39)/t22-,25-/m0/s1. The number of carbonyl (C=O) groups excluding carboxylic acids is 3. The Hall–Kier alpha value is -4.63. The van der Waals surface area contributed by atoms with Crippen LogP contribution in [0.15, 0.2) is 36.4 Å². The number of nitriles is 1. The van der Waals surface area contributed by atoms with Crippen molar-refractivity contribution in [1.29, 1.82) is 5.26 Å². The number of H-pyrrole nitrogens is 1. The van der Waals surface area contributed by atoms with E-state index in [4.69, 9.17) is 11.5 Å². The summed E-state index contributed by atoms with van der Waals surface area (Å²) in [5.74, 6) is -0.764. The fourth-order valence-electron chi connectivity index (χ4n) is 6.55. The summed E-state index contributed by atoms with van der Waals surface area (Å²) in [6, 6.07) is 12.4. The molecular weight excluding hydrogens is 546 g/mol. The van der Waals surface area contributed by atoms with Gasteiger partial charge in [-0.3, -0.25) is 14.4 Å². The van der Waals surface area contributed by atoms with Crippen molar-refractivity contribution in [2.24, 2.45) is 16.9 Å². The zero-order valence-electron chi connectivity index (χ0n) is 24.7. The van der Waals surface area contributed by atoms with Crippen molar-refractivity contribution in [2.75, 3.05) is 13.1 Å². The van der Waals surface area contributed by atoms with Crippen LogP contribution in [0.2, 0.25) is 0 Å². The van der Waals surface area contributed by atoms with Crippen LogP contribution < -0.4 is 16.8 Å². The molecule has 0 spiro atoms. The maximum absolute atomic E-state index is 13.3. The molecule has 0 unspecified atom stereocenters. The van der Waals surface area contributed by atoms with E-state index in [9.17, 15) is 19.6 Å². The van der Waals surface area contributed by atoms with Gasteiger partial charge in [-0.2, -0.15) is 10.5 Å². The van der Waals surface area contributed by atoms with Crippen molar-refractivity contribution in [2.45, 2.75) is 70.4 Å². The van der Waals surface area contributed by atoms with E-state index in [-0.39, 0.29) is 23.9 Å². The molecule has 224 valence electrons. The van der Waals surface area contributed by atoms with E-state index in [1.54, 1.807) is 17.0 Å². The number of primary amides is 2. The summed E-state index contributed by atoms with van der Waals surface area (Å²) in [6.07, 6.45) is 3.04. The van der Waals surface area contributed by atoms with Crippen LogP contribution in [-0.4, -0.2) is 68.4 Å². The van der Waals surface area contributed by atoms with E-state index in [0.717, 1.165) is 28.7 Å². The zero-order valence-corrected chi connectivity index (χ0v) is 24.7. The molecule has 1 aromatic heterocycles. The second-order valence-corrected chi connectivity index (χ2v) is 12.5. The van der Waals surface area contributed by atoms with E-state index < -0.39 is 23.3 Å². The van der Waals surface area contributed by atoms with Gasteiger partial charge in [0, 0.05) is 23.7 Å². The predicted octanol–water partition coefficient (Wildman–Crippen LogP) is 1.74. The molecule has 1 saturated heterocycles. The predicted molar refractivity (Wildman–Crippen MR) is 158 cm³/mol. The van der Waals surface area contributed by atoms with Crippen LogP contribution in [-0.2, 0) is 23.1 Å². The third-order valence-electron chi connectivity index (χ3n) is 8.87. The maximum atomic E-state index is 13.3. The molecule has 1 aliphatic carbocycles. The SMILES string of the molecule is CC(C)(C)[C@H](CC1(c2nn[nH]n2)c2ccc(C(N)=O)cc2CCc2cc(C(N)=O)ccc21)NCC(=O)N1CCC[C@H]1C#N. The number of hydrogen-bond acceptors (Lipinski definition) is 8. The second kappa shape index (κ2) is 11.6. The number of hydrogen-bond donors (Lipinski definition) is 4. The number of nitrogens with one attached hydrogen (secondary N) is 2. The van der Waals surface area contributed by atoms with Gasteiger partial charge in [0.25, 0.3) is 0 Å². The molecule has 12 heteroatoms. The molecule has 6 N–H and O–H groups in total. The van der Waals surface area contributed by atoms with E-state index in [1.165, 1.54) is 0 Å². The highest BCUT2D eigenvalue weighted by molar-refractivity contribution is 5.94. The number of benzene rings is 2. The normalized spacial score (nSPS) is 18.2. The number of carbonyl (C=O) groups is 3. The summed E-state index contributed by atoms with van der Waals surface area (Å²) in [5, 5.41) is 28.6. The summed E-state index contributed by atoms with van der Waals surface area (Å²) >= 11 is 0. The highest BCUT2D eigenvalue weighted by atomic mass is 16.2. The van der Waals surface area contributed by atoms with Crippen LogP contribution in [0.1, 0.15) is 88.8 Å². The molecule has 0 radical (unpaired) electrons. The summed E-state index contributed by atoms with van der Waals surface area (Å²) in [6.45, 7) is 6.91. The molecule has 3 aromatic rings. The van der Waals surface area contributed by atoms with Crippen LogP contribution in [0.4, 0.5) is 0 Å². The van der Waals surface area contributed by atoms with Gasteiger partial charge in [0.1, 0.15) is 6.04 Å². The zero-order chi connectivity index (χ0) is 30.9. The number of nitrogens with two attached hydrogens (primary N) is 2. The lowest BCUT2D eigenvalue weighted by Crippen LogP contribution is -2.51. The Bertz CT molecular complexity index is 1520. The number of aryl methyl sites for hydroxylation is 2. The van der Waals surface area contributed by atoms with Gasteiger partial charge < -0.3 is 21.7 Å². The third-order valence-corrected chi connectivity index (χ3v) is 8.87.